The number of ketones is 2. The number of aliphatic carboxylic acids is 2. The number of carboxylic acid groups (broad SMARTS) is 2. The van der Waals surface area contributed by atoms with Gasteiger partial charge in [0.15, 0.2) is 17.3 Å². The van der Waals surface area contributed by atoms with Crippen molar-refractivity contribution >= 4 is 66.5 Å². The average Bonchev–Trinajstić information content (AvgIpc) is 3.56. The zero-order chi connectivity index (χ0) is 29.7. The van der Waals surface area contributed by atoms with Crippen LogP contribution in [0.15, 0.2) is 30.3 Å². The molecule has 0 fully saturated rings. The van der Waals surface area contributed by atoms with Crippen molar-refractivity contribution in [2.75, 3.05) is 20.8 Å². The van der Waals surface area contributed by atoms with Crippen LogP contribution in [0.1, 0.15) is 57.5 Å². The lowest BCUT2D eigenvalue weighted by Gasteiger charge is -2.11. The zero-order valence-corrected chi connectivity index (χ0v) is 24.4. The van der Waals surface area contributed by atoms with Crippen molar-refractivity contribution in [3.8, 4) is 17.4 Å². The van der Waals surface area contributed by atoms with Crippen LogP contribution in [0.3, 0.4) is 0 Å². The second-order valence-electron chi connectivity index (χ2n) is 9.44. The Bertz CT molecular complexity index is 1620. The Kier molecular flexibility index (Phi) is 9.56. The number of fused-ring (bicyclic) bond motifs is 2. The maximum absolute atomic E-state index is 12.6. The van der Waals surface area contributed by atoms with Crippen LogP contribution < -0.4 is 14.2 Å². The van der Waals surface area contributed by atoms with Gasteiger partial charge in [-0.15, -0.1) is 22.7 Å². The Morgan fingerprint density at radius 2 is 1.56 bits per heavy atom. The number of aryl methyl sites for hydroxylation is 1. The lowest BCUT2D eigenvalue weighted by atomic mass is 10.0. The number of hydrogen-bond acceptors (Lipinski definition) is 10. The second kappa shape index (κ2) is 13.1. The molecule has 0 spiro atoms. The number of Topliss-reactive ketones (excluding diaryl/α,β-unsaturated/α-hetero) is 2. The largest absolute Gasteiger partial charge is 0.496 e. The third-order valence-electron chi connectivity index (χ3n) is 6.43. The average molecular weight is 600 g/mol. The van der Waals surface area contributed by atoms with Crippen molar-refractivity contribution in [1.29, 1.82) is 0 Å². The van der Waals surface area contributed by atoms with Crippen molar-refractivity contribution < 1.29 is 43.6 Å². The number of rotatable bonds is 15. The number of carboxylic acids is 2. The molecule has 1 atom stereocenters. The van der Waals surface area contributed by atoms with Gasteiger partial charge in [0.05, 0.1) is 53.1 Å². The summed E-state index contributed by atoms with van der Waals surface area (Å²) in [6.07, 6.45) is 0.887. The molecule has 3 aromatic heterocycles. The quantitative estimate of drug-likeness (QED) is 0.125. The first kappa shape index (κ1) is 29.9. The fraction of sp³-hybridized carbons (Fsp3) is 0.345. The zero-order valence-electron chi connectivity index (χ0n) is 22.7. The summed E-state index contributed by atoms with van der Waals surface area (Å²) in [6.45, 7) is 1.84. The fourth-order valence-corrected chi connectivity index (χ4v) is 6.22. The number of nitrogens with zero attached hydrogens (tertiary/aromatic N) is 1. The number of hydrogen-bond donors (Lipinski definition) is 2. The van der Waals surface area contributed by atoms with E-state index in [0.717, 1.165) is 20.3 Å². The number of pyridine rings is 1. The van der Waals surface area contributed by atoms with Gasteiger partial charge in [0.2, 0.25) is 0 Å². The number of methoxy groups -OCH3 is 2. The summed E-state index contributed by atoms with van der Waals surface area (Å²) in [7, 11) is 3.09. The van der Waals surface area contributed by atoms with Crippen LogP contribution in [0, 0.1) is 5.92 Å². The highest BCUT2D eigenvalue weighted by molar-refractivity contribution is 7.21. The minimum absolute atomic E-state index is 0.0551. The van der Waals surface area contributed by atoms with Crippen molar-refractivity contribution in [3.05, 3.63) is 45.6 Å². The van der Waals surface area contributed by atoms with Crippen LogP contribution in [0.25, 0.3) is 20.3 Å². The molecule has 10 nitrogen and oxygen atoms in total. The number of thiophene rings is 2. The summed E-state index contributed by atoms with van der Waals surface area (Å²) in [5.74, 6) is -1.81. The highest BCUT2D eigenvalue weighted by Gasteiger charge is 2.20. The maximum Gasteiger partial charge on any atom is 0.306 e. The minimum atomic E-state index is -1.02. The van der Waals surface area contributed by atoms with Gasteiger partial charge < -0.3 is 24.4 Å². The van der Waals surface area contributed by atoms with E-state index in [-0.39, 0.29) is 30.8 Å². The lowest BCUT2D eigenvalue weighted by Crippen LogP contribution is -2.13. The molecular weight excluding hydrogens is 570 g/mol. The Morgan fingerprint density at radius 3 is 2.24 bits per heavy atom. The maximum atomic E-state index is 12.6. The summed E-state index contributed by atoms with van der Waals surface area (Å²) >= 11 is 2.55. The standard InChI is InChI=1S/C29H29NO9S2/c1-15(29(35)36)9-20(32)25-11-17-10-16(21(37-2)13-23(17)40-25)5-4-8-39-28-22(38-3)14-24-18(30-28)12-26(41-24)19(31)6-7-27(33)34/h10-15H,4-9H2,1-3H3,(H,33,34)(H,35,36). The van der Waals surface area contributed by atoms with Gasteiger partial charge in [0.25, 0.3) is 5.88 Å². The molecular formula is C29H29NO9S2. The number of carbonyl (C=O) groups is 4. The van der Waals surface area contributed by atoms with E-state index in [2.05, 4.69) is 4.98 Å². The van der Waals surface area contributed by atoms with Gasteiger partial charge in [-0.2, -0.15) is 0 Å². The highest BCUT2D eigenvalue weighted by Crippen LogP contribution is 2.36. The van der Waals surface area contributed by atoms with E-state index < -0.39 is 17.9 Å². The van der Waals surface area contributed by atoms with E-state index in [1.165, 1.54) is 36.7 Å². The van der Waals surface area contributed by atoms with Crippen molar-refractivity contribution in [2.45, 2.75) is 39.0 Å². The van der Waals surface area contributed by atoms with Gasteiger partial charge in [0.1, 0.15) is 5.75 Å². The third-order valence-corrected chi connectivity index (χ3v) is 8.68. The highest BCUT2D eigenvalue weighted by atomic mass is 32.1. The molecule has 0 saturated heterocycles. The monoisotopic (exact) mass is 599 g/mol. The molecule has 41 heavy (non-hydrogen) atoms. The summed E-state index contributed by atoms with van der Waals surface area (Å²) in [6, 6.07) is 9.04. The molecule has 1 aromatic carbocycles. The summed E-state index contributed by atoms with van der Waals surface area (Å²) in [4.78, 5) is 52.3. The van der Waals surface area contributed by atoms with Gasteiger partial charge in [-0.05, 0) is 48.1 Å². The molecule has 0 bridgehead atoms. The summed E-state index contributed by atoms with van der Waals surface area (Å²) < 4.78 is 18.6. The van der Waals surface area contributed by atoms with E-state index in [1.807, 2.05) is 12.1 Å². The Labute approximate surface area is 243 Å². The molecule has 3 heterocycles. The molecule has 4 aromatic rings. The first-order chi connectivity index (χ1) is 19.6. The molecule has 0 aliphatic rings. The van der Waals surface area contributed by atoms with Gasteiger partial charge in [-0.1, -0.05) is 6.92 Å². The van der Waals surface area contributed by atoms with Gasteiger partial charge in [-0.25, -0.2) is 4.98 Å². The number of ether oxygens (including phenoxy) is 3. The first-order valence-electron chi connectivity index (χ1n) is 12.8. The van der Waals surface area contributed by atoms with Gasteiger partial charge in [0, 0.05) is 23.6 Å². The normalized spacial score (nSPS) is 11.9. The molecule has 0 aliphatic heterocycles. The van der Waals surface area contributed by atoms with Crippen LogP contribution in [0.2, 0.25) is 0 Å². The van der Waals surface area contributed by atoms with Crippen LogP contribution >= 0.6 is 22.7 Å². The van der Waals surface area contributed by atoms with Crippen molar-refractivity contribution in [2.24, 2.45) is 5.92 Å². The summed E-state index contributed by atoms with van der Waals surface area (Å²) in [5, 5.41) is 18.8. The molecule has 0 saturated carbocycles. The molecule has 2 N–H and O–H groups in total. The third kappa shape index (κ3) is 7.19. The van der Waals surface area contributed by atoms with Crippen LogP contribution in [0.5, 0.6) is 17.4 Å². The number of benzene rings is 1. The van der Waals surface area contributed by atoms with E-state index in [9.17, 15) is 19.2 Å². The second-order valence-corrected chi connectivity index (χ2v) is 11.6. The van der Waals surface area contributed by atoms with Gasteiger partial charge in [-0.3, -0.25) is 19.2 Å². The first-order valence-corrected chi connectivity index (χ1v) is 14.5. The van der Waals surface area contributed by atoms with E-state index in [4.69, 9.17) is 24.4 Å². The van der Waals surface area contributed by atoms with Gasteiger partial charge >= 0.3 is 11.9 Å². The lowest BCUT2D eigenvalue weighted by molar-refractivity contribution is -0.141. The minimum Gasteiger partial charge on any atom is -0.496 e. The van der Waals surface area contributed by atoms with Crippen LogP contribution in [0.4, 0.5) is 0 Å². The Morgan fingerprint density at radius 1 is 0.878 bits per heavy atom. The molecule has 4 rings (SSSR count). The smallest absolute Gasteiger partial charge is 0.306 e. The SMILES string of the molecule is COc1cc2sc(C(=O)CC(C)C(=O)O)cc2cc1CCCOc1nc2cc(C(=O)CCC(=O)O)sc2cc1OC. The fourth-order valence-electron chi connectivity index (χ4n) is 4.20. The predicted octanol–water partition coefficient (Wildman–Crippen LogP) is 5.88. The topological polar surface area (TPSA) is 149 Å². The van der Waals surface area contributed by atoms with E-state index >= 15 is 0 Å². The molecule has 1 unspecified atom stereocenters. The van der Waals surface area contributed by atoms with Crippen LogP contribution in [-0.4, -0.2) is 59.5 Å². The molecule has 0 radical (unpaired) electrons. The van der Waals surface area contributed by atoms with Crippen LogP contribution in [-0.2, 0) is 16.0 Å². The van der Waals surface area contributed by atoms with E-state index in [0.29, 0.717) is 52.1 Å². The summed E-state index contributed by atoms with van der Waals surface area (Å²) in [5.41, 5.74) is 1.51. The van der Waals surface area contributed by atoms with Crippen molar-refractivity contribution in [1.82, 2.24) is 4.98 Å². The molecule has 12 heteroatoms. The number of aromatic nitrogens is 1. The van der Waals surface area contributed by atoms with E-state index in [1.54, 1.807) is 25.3 Å². The molecule has 216 valence electrons. The van der Waals surface area contributed by atoms with Crippen molar-refractivity contribution in [3.63, 3.8) is 0 Å². The Balaban J connectivity index is 1.43. The number of carbonyl (C=O) groups excluding carboxylic acids is 2. The molecule has 0 aliphatic carbocycles. The molecule has 0 amide bonds. The predicted molar refractivity (Wildman–Crippen MR) is 155 cm³/mol. The Hall–Kier alpha value is -4.03.